The minimum absolute atomic E-state index is 0.622. The monoisotopic (exact) mass is 222 g/mol. The van der Waals surface area contributed by atoms with Gasteiger partial charge in [-0.2, -0.15) is 0 Å². The van der Waals surface area contributed by atoms with Crippen molar-refractivity contribution in [3.63, 3.8) is 0 Å². The van der Waals surface area contributed by atoms with Gasteiger partial charge >= 0.3 is 0 Å². The van der Waals surface area contributed by atoms with Gasteiger partial charge in [-0.3, -0.25) is 0 Å². The molecule has 2 rings (SSSR count). The molecule has 0 aromatic heterocycles. The van der Waals surface area contributed by atoms with Crippen molar-refractivity contribution in [3.05, 3.63) is 0 Å². The minimum atomic E-state index is 0.622. The Hall–Kier alpha value is 0. The largest absolute Gasteiger partial charge is 0.0651 e. The number of rotatable bonds is 1. The SMILES string of the molecule is CCC1C(C)CCC2(C)C(C)CCCC12C. The fourth-order valence-electron chi connectivity index (χ4n) is 5.29. The maximum absolute atomic E-state index is 2.62. The van der Waals surface area contributed by atoms with Crippen molar-refractivity contribution in [2.75, 3.05) is 0 Å². The van der Waals surface area contributed by atoms with E-state index in [1.54, 1.807) is 0 Å². The van der Waals surface area contributed by atoms with Crippen LogP contribution in [0.15, 0.2) is 0 Å². The first-order chi connectivity index (χ1) is 7.45. The van der Waals surface area contributed by atoms with Gasteiger partial charge in [0.15, 0.2) is 0 Å². The van der Waals surface area contributed by atoms with Gasteiger partial charge in [-0.1, -0.05) is 53.9 Å². The topological polar surface area (TPSA) is 0 Å². The Morgan fingerprint density at radius 1 is 1.00 bits per heavy atom. The molecule has 0 heteroatoms. The maximum Gasteiger partial charge on any atom is -0.0239 e. The van der Waals surface area contributed by atoms with Gasteiger partial charge in [0.1, 0.15) is 0 Å². The number of hydrogen-bond donors (Lipinski definition) is 0. The molecule has 94 valence electrons. The number of hydrogen-bond acceptors (Lipinski definition) is 0. The molecule has 0 bridgehead atoms. The zero-order valence-electron chi connectivity index (χ0n) is 12.0. The van der Waals surface area contributed by atoms with Gasteiger partial charge in [0.2, 0.25) is 0 Å². The molecule has 0 aliphatic heterocycles. The van der Waals surface area contributed by atoms with Crippen LogP contribution >= 0.6 is 0 Å². The average Bonchev–Trinajstić information content (AvgIpc) is 2.23. The molecule has 0 heterocycles. The van der Waals surface area contributed by atoms with Crippen molar-refractivity contribution >= 4 is 0 Å². The Kier molecular flexibility index (Phi) is 3.14. The molecule has 2 saturated carbocycles. The van der Waals surface area contributed by atoms with Crippen molar-refractivity contribution in [2.45, 2.75) is 73.1 Å². The zero-order chi connectivity index (χ0) is 12.0. The van der Waals surface area contributed by atoms with Crippen molar-refractivity contribution in [2.24, 2.45) is 28.6 Å². The highest BCUT2D eigenvalue weighted by Crippen LogP contribution is 2.64. The normalized spacial score (nSPS) is 53.4. The lowest BCUT2D eigenvalue weighted by atomic mass is 9.43. The second-order valence-electron chi connectivity index (χ2n) is 7.16. The van der Waals surface area contributed by atoms with E-state index in [0.717, 1.165) is 17.8 Å². The Morgan fingerprint density at radius 2 is 1.69 bits per heavy atom. The summed E-state index contributed by atoms with van der Waals surface area (Å²) in [4.78, 5) is 0. The first kappa shape index (κ1) is 12.5. The summed E-state index contributed by atoms with van der Waals surface area (Å²) in [6, 6.07) is 0. The Labute approximate surface area is 102 Å². The Bertz CT molecular complexity index is 257. The van der Waals surface area contributed by atoms with Crippen molar-refractivity contribution in [1.82, 2.24) is 0 Å². The third-order valence-electron chi connectivity index (χ3n) is 6.79. The van der Waals surface area contributed by atoms with Crippen molar-refractivity contribution < 1.29 is 0 Å². The highest BCUT2D eigenvalue weighted by atomic mass is 14.6. The van der Waals surface area contributed by atoms with Crippen LogP contribution < -0.4 is 0 Å². The van der Waals surface area contributed by atoms with E-state index in [-0.39, 0.29) is 0 Å². The predicted octanol–water partition coefficient (Wildman–Crippen LogP) is 5.28. The van der Waals surface area contributed by atoms with E-state index in [9.17, 15) is 0 Å². The number of fused-ring (bicyclic) bond motifs is 1. The molecular weight excluding hydrogens is 192 g/mol. The van der Waals surface area contributed by atoms with Gasteiger partial charge in [0.25, 0.3) is 0 Å². The van der Waals surface area contributed by atoms with Crippen LogP contribution in [-0.2, 0) is 0 Å². The van der Waals surface area contributed by atoms with E-state index in [0.29, 0.717) is 10.8 Å². The smallest absolute Gasteiger partial charge is 0.0239 e. The lowest BCUT2D eigenvalue weighted by Crippen LogP contribution is -2.54. The Morgan fingerprint density at radius 3 is 2.31 bits per heavy atom. The maximum atomic E-state index is 2.62. The standard InChI is InChI=1S/C16H30/c1-6-14-12(2)9-11-15(4)13(3)8-7-10-16(14,15)5/h12-14H,6-11H2,1-5H3. The summed E-state index contributed by atoms with van der Waals surface area (Å²) in [5.41, 5.74) is 1.25. The molecule has 5 unspecified atom stereocenters. The molecule has 5 atom stereocenters. The third-order valence-corrected chi connectivity index (χ3v) is 6.79. The molecular formula is C16H30. The summed E-state index contributed by atoms with van der Waals surface area (Å²) in [6.07, 6.45) is 8.75. The average molecular weight is 222 g/mol. The van der Waals surface area contributed by atoms with Crippen LogP contribution in [-0.4, -0.2) is 0 Å². The van der Waals surface area contributed by atoms with E-state index < -0.39 is 0 Å². The summed E-state index contributed by atoms with van der Waals surface area (Å²) in [6.45, 7) is 12.6. The van der Waals surface area contributed by atoms with Crippen LogP contribution in [0, 0.1) is 28.6 Å². The molecule has 0 aromatic carbocycles. The van der Waals surface area contributed by atoms with Crippen LogP contribution in [0.5, 0.6) is 0 Å². The second-order valence-corrected chi connectivity index (χ2v) is 7.16. The van der Waals surface area contributed by atoms with E-state index >= 15 is 0 Å². The molecule has 2 fully saturated rings. The summed E-state index contributed by atoms with van der Waals surface area (Å²) in [5.74, 6) is 2.86. The van der Waals surface area contributed by atoms with E-state index in [4.69, 9.17) is 0 Å². The van der Waals surface area contributed by atoms with Crippen LogP contribution in [0.1, 0.15) is 73.1 Å². The molecule has 16 heavy (non-hydrogen) atoms. The first-order valence-corrected chi connectivity index (χ1v) is 7.45. The minimum Gasteiger partial charge on any atom is -0.0651 e. The molecule has 0 nitrogen and oxygen atoms in total. The van der Waals surface area contributed by atoms with E-state index in [1.165, 1.54) is 38.5 Å². The molecule has 0 saturated heterocycles. The fourth-order valence-corrected chi connectivity index (χ4v) is 5.29. The predicted molar refractivity (Wildman–Crippen MR) is 71.4 cm³/mol. The summed E-state index contributed by atoms with van der Waals surface area (Å²) >= 11 is 0. The summed E-state index contributed by atoms with van der Waals surface area (Å²) in [7, 11) is 0. The molecule has 2 aliphatic carbocycles. The van der Waals surface area contributed by atoms with Crippen LogP contribution in [0.3, 0.4) is 0 Å². The fraction of sp³-hybridized carbons (Fsp3) is 1.00. The van der Waals surface area contributed by atoms with Crippen LogP contribution in [0.2, 0.25) is 0 Å². The second kappa shape index (κ2) is 4.03. The van der Waals surface area contributed by atoms with E-state index in [2.05, 4.69) is 34.6 Å². The van der Waals surface area contributed by atoms with Gasteiger partial charge in [-0.05, 0) is 47.8 Å². The van der Waals surface area contributed by atoms with Gasteiger partial charge < -0.3 is 0 Å². The molecule has 0 spiro atoms. The Balaban J connectivity index is 2.36. The lowest BCUT2D eigenvalue weighted by Gasteiger charge is -2.62. The first-order valence-electron chi connectivity index (χ1n) is 7.45. The van der Waals surface area contributed by atoms with Gasteiger partial charge in [0.05, 0.1) is 0 Å². The summed E-state index contributed by atoms with van der Waals surface area (Å²) < 4.78 is 0. The zero-order valence-corrected chi connectivity index (χ0v) is 12.0. The molecule has 0 N–H and O–H groups in total. The highest BCUT2D eigenvalue weighted by molar-refractivity contribution is 5.05. The van der Waals surface area contributed by atoms with E-state index in [1.807, 2.05) is 0 Å². The van der Waals surface area contributed by atoms with Gasteiger partial charge in [-0.25, -0.2) is 0 Å². The summed E-state index contributed by atoms with van der Waals surface area (Å²) in [5, 5.41) is 0. The third kappa shape index (κ3) is 1.48. The van der Waals surface area contributed by atoms with Gasteiger partial charge in [-0.15, -0.1) is 0 Å². The molecule has 0 aromatic rings. The quantitative estimate of drug-likeness (QED) is 0.566. The molecule has 0 radical (unpaired) electrons. The van der Waals surface area contributed by atoms with Crippen molar-refractivity contribution in [3.8, 4) is 0 Å². The van der Waals surface area contributed by atoms with Crippen molar-refractivity contribution in [1.29, 1.82) is 0 Å². The highest BCUT2D eigenvalue weighted by Gasteiger charge is 2.56. The molecule has 0 amide bonds. The van der Waals surface area contributed by atoms with Crippen LogP contribution in [0.25, 0.3) is 0 Å². The molecule has 2 aliphatic rings. The van der Waals surface area contributed by atoms with Gasteiger partial charge in [0, 0.05) is 0 Å². The van der Waals surface area contributed by atoms with Crippen LogP contribution in [0.4, 0.5) is 0 Å². The lowest BCUT2D eigenvalue weighted by molar-refractivity contribution is -0.129.